The number of ether oxygens (including phenoxy) is 2. The lowest BCUT2D eigenvalue weighted by atomic mass is 10.1. The first-order chi connectivity index (χ1) is 11.7. The topological polar surface area (TPSA) is 21.7 Å². The number of fused-ring (bicyclic) bond motifs is 1. The largest absolute Gasteiger partial charge is 0.497 e. The maximum atomic E-state index is 13.9. The van der Waals surface area contributed by atoms with Crippen molar-refractivity contribution >= 4 is 6.08 Å². The monoisotopic (exact) mass is 327 g/mol. The molecule has 0 spiro atoms. The van der Waals surface area contributed by atoms with Crippen LogP contribution in [0.5, 0.6) is 11.5 Å². The van der Waals surface area contributed by atoms with Gasteiger partial charge in [0, 0.05) is 31.1 Å². The number of rotatable bonds is 6. The number of halogens is 1. The van der Waals surface area contributed by atoms with Crippen molar-refractivity contribution in [3.63, 3.8) is 0 Å². The summed E-state index contributed by atoms with van der Waals surface area (Å²) in [7, 11) is 3.59. The summed E-state index contributed by atoms with van der Waals surface area (Å²) < 4.78 is 24.4. The summed E-state index contributed by atoms with van der Waals surface area (Å²) in [6.07, 6.45) is 4.77. The minimum atomic E-state index is -0.271. The Balaban J connectivity index is 1.56. The summed E-state index contributed by atoms with van der Waals surface area (Å²) in [6, 6.07) is 11.3. The van der Waals surface area contributed by atoms with Gasteiger partial charge in [0.15, 0.2) is 0 Å². The first-order valence-corrected chi connectivity index (χ1v) is 8.09. The lowest BCUT2D eigenvalue weighted by Gasteiger charge is -2.15. The van der Waals surface area contributed by atoms with E-state index < -0.39 is 0 Å². The van der Waals surface area contributed by atoms with Crippen molar-refractivity contribution in [3.05, 3.63) is 65.0 Å². The van der Waals surface area contributed by atoms with Crippen LogP contribution in [-0.4, -0.2) is 32.2 Å². The fourth-order valence-corrected chi connectivity index (χ4v) is 2.84. The summed E-state index contributed by atoms with van der Waals surface area (Å²) in [4.78, 5) is 2.19. The molecule has 0 unspecified atom stereocenters. The maximum absolute atomic E-state index is 13.9. The van der Waals surface area contributed by atoms with Gasteiger partial charge in [-0.25, -0.2) is 4.39 Å². The maximum Gasteiger partial charge on any atom is 0.134 e. The Morgan fingerprint density at radius 2 is 2.12 bits per heavy atom. The van der Waals surface area contributed by atoms with Gasteiger partial charge in [0.2, 0.25) is 0 Å². The molecular weight excluding hydrogens is 305 g/mol. The van der Waals surface area contributed by atoms with Crippen molar-refractivity contribution in [1.29, 1.82) is 0 Å². The Bertz CT molecular complexity index is 742. The fraction of sp³-hybridized carbons (Fsp3) is 0.300. The highest BCUT2D eigenvalue weighted by molar-refractivity contribution is 5.51. The molecule has 0 saturated carbocycles. The van der Waals surface area contributed by atoms with Gasteiger partial charge in [-0.3, -0.25) is 4.90 Å². The number of likely N-dealkylation sites (N-methyl/N-ethyl adjacent to an activating group) is 1. The Morgan fingerprint density at radius 3 is 2.92 bits per heavy atom. The van der Waals surface area contributed by atoms with Crippen LogP contribution in [0.25, 0.3) is 6.08 Å². The van der Waals surface area contributed by atoms with E-state index in [9.17, 15) is 4.39 Å². The standard InChI is InChI=1S/C20H22FNO2/c1-22(14-15-5-8-20-17(12-15)9-11-24-20)10-3-4-16-6-7-18(23-2)13-19(16)21/h3-8,12-13H,9-11,14H2,1-2H3. The molecule has 126 valence electrons. The Kier molecular flexibility index (Phi) is 5.16. The molecule has 3 nitrogen and oxygen atoms in total. The highest BCUT2D eigenvalue weighted by Crippen LogP contribution is 2.26. The van der Waals surface area contributed by atoms with Gasteiger partial charge in [-0.15, -0.1) is 0 Å². The van der Waals surface area contributed by atoms with Crippen LogP contribution in [0.15, 0.2) is 42.5 Å². The van der Waals surface area contributed by atoms with E-state index in [1.807, 2.05) is 18.2 Å². The molecule has 0 aromatic heterocycles. The van der Waals surface area contributed by atoms with Crippen molar-refractivity contribution in [3.8, 4) is 11.5 Å². The highest BCUT2D eigenvalue weighted by Gasteiger charge is 2.12. The summed E-state index contributed by atoms with van der Waals surface area (Å²) in [5, 5.41) is 0. The highest BCUT2D eigenvalue weighted by atomic mass is 19.1. The zero-order valence-electron chi connectivity index (χ0n) is 14.1. The zero-order chi connectivity index (χ0) is 16.9. The number of methoxy groups -OCH3 is 1. The number of benzene rings is 2. The van der Waals surface area contributed by atoms with Gasteiger partial charge in [-0.2, -0.15) is 0 Å². The fourth-order valence-electron chi connectivity index (χ4n) is 2.84. The van der Waals surface area contributed by atoms with E-state index in [0.717, 1.165) is 31.9 Å². The molecule has 1 heterocycles. The molecule has 0 N–H and O–H groups in total. The molecule has 0 atom stereocenters. The summed E-state index contributed by atoms with van der Waals surface area (Å²) in [5.41, 5.74) is 3.13. The Labute approximate surface area is 142 Å². The van der Waals surface area contributed by atoms with Gasteiger partial charge in [-0.05, 0) is 36.4 Å². The molecule has 3 rings (SSSR count). The molecule has 24 heavy (non-hydrogen) atoms. The minimum Gasteiger partial charge on any atom is -0.497 e. The van der Waals surface area contributed by atoms with E-state index in [1.165, 1.54) is 24.3 Å². The molecule has 2 aromatic rings. The van der Waals surface area contributed by atoms with Gasteiger partial charge in [0.1, 0.15) is 17.3 Å². The van der Waals surface area contributed by atoms with Crippen LogP contribution in [0.1, 0.15) is 16.7 Å². The van der Waals surface area contributed by atoms with E-state index in [-0.39, 0.29) is 5.82 Å². The van der Waals surface area contributed by atoms with Crippen LogP contribution in [-0.2, 0) is 13.0 Å². The summed E-state index contributed by atoms with van der Waals surface area (Å²) in [6.45, 7) is 2.38. The van der Waals surface area contributed by atoms with Gasteiger partial charge < -0.3 is 9.47 Å². The Morgan fingerprint density at radius 1 is 1.25 bits per heavy atom. The lowest BCUT2D eigenvalue weighted by molar-refractivity contribution is 0.356. The van der Waals surface area contributed by atoms with Crippen LogP contribution in [0.2, 0.25) is 0 Å². The van der Waals surface area contributed by atoms with Crippen molar-refractivity contribution in [2.45, 2.75) is 13.0 Å². The first kappa shape index (κ1) is 16.5. The molecule has 4 heteroatoms. The van der Waals surface area contributed by atoms with E-state index >= 15 is 0 Å². The average Bonchev–Trinajstić information content (AvgIpc) is 3.04. The number of hydrogen-bond donors (Lipinski definition) is 0. The minimum absolute atomic E-state index is 0.271. The zero-order valence-corrected chi connectivity index (χ0v) is 14.1. The predicted molar refractivity (Wildman–Crippen MR) is 94.0 cm³/mol. The number of hydrogen-bond acceptors (Lipinski definition) is 3. The second-order valence-electron chi connectivity index (χ2n) is 6.03. The van der Waals surface area contributed by atoms with Gasteiger partial charge in [0.05, 0.1) is 13.7 Å². The third kappa shape index (κ3) is 3.95. The molecule has 0 saturated heterocycles. The summed E-state index contributed by atoms with van der Waals surface area (Å²) in [5.74, 6) is 1.27. The molecular formula is C20H22FNO2. The normalized spacial score (nSPS) is 13.3. The van der Waals surface area contributed by atoms with Crippen molar-refractivity contribution in [2.75, 3.05) is 27.3 Å². The summed E-state index contributed by atoms with van der Waals surface area (Å²) >= 11 is 0. The number of nitrogens with zero attached hydrogens (tertiary/aromatic N) is 1. The SMILES string of the molecule is COc1ccc(C=CCN(C)Cc2ccc3c(c2)CCO3)c(F)c1. The van der Waals surface area contributed by atoms with E-state index in [0.29, 0.717) is 11.3 Å². The molecule has 1 aliphatic heterocycles. The van der Waals surface area contributed by atoms with Gasteiger partial charge in [0.25, 0.3) is 0 Å². The van der Waals surface area contributed by atoms with Gasteiger partial charge in [-0.1, -0.05) is 24.3 Å². The average molecular weight is 327 g/mol. The van der Waals surface area contributed by atoms with E-state index in [4.69, 9.17) is 9.47 Å². The van der Waals surface area contributed by atoms with Crippen LogP contribution < -0.4 is 9.47 Å². The molecule has 0 bridgehead atoms. The Hall–Kier alpha value is -2.33. The van der Waals surface area contributed by atoms with Crippen LogP contribution >= 0.6 is 0 Å². The first-order valence-electron chi connectivity index (χ1n) is 8.09. The third-order valence-electron chi connectivity index (χ3n) is 4.13. The van der Waals surface area contributed by atoms with E-state index in [1.54, 1.807) is 12.1 Å². The molecule has 0 amide bonds. The third-order valence-corrected chi connectivity index (χ3v) is 4.13. The predicted octanol–water partition coefficient (Wildman–Crippen LogP) is 3.91. The van der Waals surface area contributed by atoms with Crippen LogP contribution in [0.4, 0.5) is 4.39 Å². The molecule has 0 fully saturated rings. The van der Waals surface area contributed by atoms with Crippen LogP contribution in [0.3, 0.4) is 0 Å². The molecule has 2 aromatic carbocycles. The van der Waals surface area contributed by atoms with Gasteiger partial charge >= 0.3 is 0 Å². The van der Waals surface area contributed by atoms with Crippen LogP contribution in [0, 0.1) is 5.82 Å². The van der Waals surface area contributed by atoms with Crippen molar-refractivity contribution < 1.29 is 13.9 Å². The smallest absolute Gasteiger partial charge is 0.134 e. The van der Waals surface area contributed by atoms with Crippen molar-refractivity contribution in [1.82, 2.24) is 4.90 Å². The molecule has 0 aliphatic carbocycles. The second kappa shape index (κ2) is 7.49. The quantitative estimate of drug-likeness (QED) is 0.803. The second-order valence-corrected chi connectivity index (χ2v) is 6.03. The molecule has 0 radical (unpaired) electrons. The van der Waals surface area contributed by atoms with Crippen molar-refractivity contribution in [2.24, 2.45) is 0 Å². The van der Waals surface area contributed by atoms with E-state index in [2.05, 4.69) is 24.1 Å². The lowest BCUT2D eigenvalue weighted by Crippen LogP contribution is -2.17. The molecule has 1 aliphatic rings.